The number of nitrogens with one attached hydrogen (secondary N) is 1. The first-order chi connectivity index (χ1) is 10.2. The topological polar surface area (TPSA) is 51.2 Å². The molecule has 0 aliphatic rings. The van der Waals surface area contributed by atoms with Crippen LogP contribution in [0.3, 0.4) is 0 Å². The van der Waals surface area contributed by atoms with Crippen molar-refractivity contribution in [2.45, 2.75) is 19.8 Å². The number of benzene rings is 1. The van der Waals surface area contributed by atoms with Crippen molar-refractivity contribution in [2.75, 3.05) is 13.7 Å². The van der Waals surface area contributed by atoms with Crippen molar-refractivity contribution in [3.05, 3.63) is 59.4 Å². The zero-order valence-corrected chi connectivity index (χ0v) is 13.7. The molecule has 1 heterocycles. The Kier molecular flexibility index (Phi) is 7.40. The van der Waals surface area contributed by atoms with Crippen LogP contribution in [0.2, 0.25) is 0 Å². The lowest BCUT2D eigenvalue weighted by atomic mass is 10.1. The maximum absolute atomic E-state index is 11.9. The summed E-state index contributed by atoms with van der Waals surface area (Å²) in [5.74, 6) is 0.786. The number of carbonyl (C=O) groups is 1. The number of ether oxygens (including phenoxy) is 1. The van der Waals surface area contributed by atoms with E-state index in [9.17, 15) is 4.79 Å². The quantitative estimate of drug-likeness (QED) is 0.890. The van der Waals surface area contributed by atoms with Crippen molar-refractivity contribution in [1.29, 1.82) is 0 Å². The molecule has 1 N–H and O–H groups in total. The van der Waals surface area contributed by atoms with Crippen LogP contribution < -0.4 is 10.1 Å². The molecule has 0 bridgehead atoms. The number of aryl methyl sites for hydroxylation is 1. The minimum Gasteiger partial charge on any atom is -0.496 e. The van der Waals surface area contributed by atoms with Gasteiger partial charge in [0.05, 0.1) is 7.11 Å². The van der Waals surface area contributed by atoms with E-state index in [1.54, 1.807) is 31.6 Å². The van der Waals surface area contributed by atoms with Gasteiger partial charge in [0, 0.05) is 24.5 Å². The third-order valence-electron chi connectivity index (χ3n) is 3.38. The van der Waals surface area contributed by atoms with Crippen molar-refractivity contribution in [2.24, 2.45) is 0 Å². The summed E-state index contributed by atoms with van der Waals surface area (Å²) < 4.78 is 5.37. The van der Waals surface area contributed by atoms with E-state index in [1.807, 2.05) is 6.07 Å². The van der Waals surface area contributed by atoms with E-state index in [0.29, 0.717) is 12.1 Å². The summed E-state index contributed by atoms with van der Waals surface area (Å²) in [7, 11) is 1.67. The maximum Gasteiger partial charge on any atom is 0.251 e. The second-order valence-electron chi connectivity index (χ2n) is 4.74. The molecule has 0 spiro atoms. The molecular weight excluding hydrogens is 300 g/mol. The van der Waals surface area contributed by atoms with E-state index in [-0.39, 0.29) is 18.3 Å². The van der Waals surface area contributed by atoms with Gasteiger partial charge in [0.15, 0.2) is 0 Å². The molecule has 0 aliphatic heterocycles. The number of pyridine rings is 1. The average molecular weight is 321 g/mol. The molecule has 2 rings (SSSR count). The summed E-state index contributed by atoms with van der Waals surface area (Å²) in [4.78, 5) is 15.8. The summed E-state index contributed by atoms with van der Waals surface area (Å²) >= 11 is 0. The molecule has 5 heteroatoms. The van der Waals surface area contributed by atoms with Crippen molar-refractivity contribution in [3.8, 4) is 5.75 Å². The molecule has 118 valence electrons. The summed E-state index contributed by atoms with van der Waals surface area (Å²) in [6.45, 7) is 2.70. The van der Waals surface area contributed by atoms with Crippen LogP contribution in [-0.4, -0.2) is 24.5 Å². The zero-order valence-electron chi connectivity index (χ0n) is 12.8. The summed E-state index contributed by atoms with van der Waals surface area (Å²) in [5.41, 5.74) is 3.01. The van der Waals surface area contributed by atoms with E-state index < -0.39 is 0 Å². The summed E-state index contributed by atoms with van der Waals surface area (Å²) in [5, 5.41) is 2.91. The van der Waals surface area contributed by atoms with Crippen LogP contribution in [0.4, 0.5) is 0 Å². The second kappa shape index (κ2) is 9.05. The number of halogens is 1. The highest BCUT2D eigenvalue weighted by Gasteiger charge is 2.07. The molecule has 1 aromatic heterocycles. The monoisotopic (exact) mass is 320 g/mol. The summed E-state index contributed by atoms with van der Waals surface area (Å²) in [6.07, 6.45) is 4.96. The Bertz CT molecular complexity index is 603. The first-order valence-electron chi connectivity index (χ1n) is 7.08. The van der Waals surface area contributed by atoms with Gasteiger partial charge in [0.2, 0.25) is 0 Å². The van der Waals surface area contributed by atoms with E-state index in [4.69, 9.17) is 4.74 Å². The van der Waals surface area contributed by atoms with Crippen LogP contribution in [0.15, 0.2) is 42.7 Å². The van der Waals surface area contributed by atoms with Gasteiger partial charge in [-0.1, -0.05) is 19.1 Å². The lowest BCUT2D eigenvalue weighted by Crippen LogP contribution is -2.25. The lowest BCUT2D eigenvalue weighted by Gasteiger charge is -2.11. The predicted molar refractivity (Wildman–Crippen MR) is 89.9 cm³/mol. The zero-order chi connectivity index (χ0) is 15.1. The Morgan fingerprint density at radius 2 is 1.95 bits per heavy atom. The smallest absolute Gasteiger partial charge is 0.251 e. The highest BCUT2D eigenvalue weighted by atomic mass is 35.5. The molecule has 0 aliphatic carbocycles. The first kappa shape index (κ1) is 18.0. The molecule has 2 aromatic rings. The predicted octanol–water partition coefficient (Wildman–Crippen LogP) is 3.05. The molecule has 0 saturated carbocycles. The largest absolute Gasteiger partial charge is 0.496 e. The van der Waals surface area contributed by atoms with Crippen LogP contribution in [0, 0.1) is 0 Å². The number of carbonyl (C=O) groups excluding carboxylic acids is 1. The van der Waals surface area contributed by atoms with Crippen LogP contribution in [0.25, 0.3) is 0 Å². The number of nitrogens with zero attached hydrogens (tertiary/aromatic N) is 1. The lowest BCUT2D eigenvalue weighted by molar-refractivity contribution is 0.0954. The van der Waals surface area contributed by atoms with Gasteiger partial charge in [-0.2, -0.15) is 0 Å². The second-order valence-corrected chi connectivity index (χ2v) is 4.74. The Morgan fingerprint density at radius 3 is 2.59 bits per heavy atom. The van der Waals surface area contributed by atoms with Crippen LogP contribution in [-0.2, 0) is 12.8 Å². The Balaban J connectivity index is 0.00000242. The van der Waals surface area contributed by atoms with Crippen molar-refractivity contribution < 1.29 is 9.53 Å². The van der Waals surface area contributed by atoms with Crippen LogP contribution in [0.5, 0.6) is 5.75 Å². The van der Waals surface area contributed by atoms with Gasteiger partial charge in [-0.15, -0.1) is 12.4 Å². The van der Waals surface area contributed by atoms with E-state index in [0.717, 1.165) is 24.2 Å². The normalized spacial score (nSPS) is 9.73. The summed E-state index contributed by atoms with van der Waals surface area (Å²) in [6, 6.07) is 9.59. The minimum absolute atomic E-state index is 0. The van der Waals surface area contributed by atoms with Crippen LogP contribution in [0.1, 0.15) is 28.4 Å². The first-order valence-corrected chi connectivity index (χ1v) is 7.08. The van der Waals surface area contributed by atoms with Gasteiger partial charge < -0.3 is 10.1 Å². The fourth-order valence-electron chi connectivity index (χ4n) is 2.16. The maximum atomic E-state index is 11.9. The van der Waals surface area contributed by atoms with E-state index in [2.05, 4.69) is 29.4 Å². The molecular formula is C17H21ClN2O2. The fourth-order valence-corrected chi connectivity index (χ4v) is 2.16. The number of amides is 1. The third-order valence-corrected chi connectivity index (χ3v) is 3.38. The van der Waals surface area contributed by atoms with E-state index >= 15 is 0 Å². The van der Waals surface area contributed by atoms with Gasteiger partial charge in [-0.05, 0) is 42.2 Å². The number of hydrogen-bond acceptors (Lipinski definition) is 3. The number of methoxy groups -OCH3 is 1. The molecule has 1 amide bonds. The van der Waals surface area contributed by atoms with Crippen molar-refractivity contribution in [1.82, 2.24) is 10.3 Å². The molecule has 0 saturated heterocycles. The molecule has 0 fully saturated rings. The average Bonchev–Trinajstić information content (AvgIpc) is 2.55. The van der Waals surface area contributed by atoms with Gasteiger partial charge in [0.1, 0.15) is 5.75 Å². The SMILES string of the molecule is CCc1ccc(OC)c(CCNC(=O)c2ccncc2)c1.Cl. The standard InChI is InChI=1S/C17H20N2O2.ClH/c1-3-13-4-5-16(21-2)15(12-13)8-11-19-17(20)14-6-9-18-10-7-14;/h4-7,9-10,12H,3,8,11H2,1-2H3,(H,19,20);1H. The Morgan fingerprint density at radius 1 is 1.23 bits per heavy atom. The van der Waals surface area contributed by atoms with E-state index in [1.165, 1.54) is 5.56 Å². The van der Waals surface area contributed by atoms with Gasteiger partial charge in [0.25, 0.3) is 5.91 Å². The minimum atomic E-state index is -0.0805. The van der Waals surface area contributed by atoms with Gasteiger partial charge in [-0.3, -0.25) is 9.78 Å². The Labute approximate surface area is 137 Å². The number of aromatic nitrogens is 1. The highest BCUT2D eigenvalue weighted by Crippen LogP contribution is 2.20. The van der Waals surface area contributed by atoms with Crippen LogP contribution >= 0.6 is 12.4 Å². The molecule has 0 atom stereocenters. The Hall–Kier alpha value is -2.07. The van der Waals surface area contributed by atoms with Crippen molar-refractivity contribution >= 4 is 18.3 Å². The van der Waals surface area contributed by atoms with Crippen molar-refractivity contribution in [3.63, 3.8) is 0 Å². The molecule has 0 unspecified atom stereocenters. The molecule has 4 nitrogen and oxygen atoms in total. The number of hydrogen-bond donors (Lipinski definition) is 1. The van der Waals surface area contributed by atoms with Gasteiger partial charge in [-0.25, -0.2) is 0 Å². The highest BCUT2D eigenvalue weighted by molar-refractivity contribution is 5.93. The fraction of sp³-hybridized carbons (Fsp3) is 0.294. The molecule has 22 heavy (non-hydrogen) atoms. The molecule has 0 radical (unpaired) electrons. The number of rotatable bonds is 6. The molecule has 1 aromatic carbocycles. The van der Waals surface area contributed by atoms with Gasteiger partial charge >= 0.3 is 0 Å². The third kappa shape index (κ3) is 4.74.